The topological polar surface area (TPSA) is 63.5 Å². The lowest BCUT2D eigenvalue weighted by molar-refractivity contribution is 0.479. The second-order valence-corrected chi connectivity index (χ2v) is 3.85. The lowest BCUT2D eigenvalue weighted by Crippen LogP contribution is -1.90. The molecule has 0 radical (unpaired) electrons. The van der Waals surface area contributed by atoms with Crippen molar-refractivity contribution in [2.24, 2.45) is 0 Å². The molecule has 1 aromatic carbocycles. The minimum atomic E-state index is 0.224. The lowest BCUT2D eigenvalue weighted by atomic mass is 10.2. The minimum absolute atomic E-state index is 0.224. The first-order valence-electron chi connectivity index (χ1n) is 5.26. The van der Waals surface area contributed by atoms with Gasteiger partial charge in [-0.1, -0.05) is 0 Å². The van der Waals surface area contributed by atoms with Gasteiger partial charge in [-0.15, -0.1) is 0 Å². The number of aromatic nitrogens is 2. The number of benzene rings is 1. The Morgan fingerprint density at radius 2 is 1.88 bits per heavy atom. The van der Waals surface area contributed by atoms with Crippen molar-refractivity contribution in [3.8, 4) is 17.1 Å². The van der Waals surface area contributed by atoms with Gasteiger partial charge in [-0.25, -0.2) is 4.98 Å². The van der Waals surface area contributed by atoms with E-state index in [2.05, 4.69) is 4.98 Å². The third-order valence-electron chi connectivity index (χ3n) is 2.72. The van der Waals surface area contributed by atoms with E-state index in [1.54, 1.807) is 18.3 Å². The molecule has 0 aliphatic rings. The lowest BCUT2D eigenvalue weighted by Gasteiger charge is -2.02. The zero-order chi connectivity index (χ0) is 11.8. The summed E-state index contributed by atoms with van der Waals surface area (Å²) in [4.78, 5) is 4.32. The Morgan fingerprint density at radius 1 is 1.12 bits per heavy atom. The molecule has 0 unspecified atom stereocenters. The SMILES string of the molecule is Nc1ccc(-c2ncc3c(O)cccn23)cc1. The van der Waals surface area contributed by atoms with Crippen LogP contribution in [0.25, 0.3) is 16.9 Å². The zero-order valence-electron chi connectivity index (χ0n) is 9.04. The monoisotopic (exact) mass is 225 g/mol. The number of rotatable bonds is 1. The van der Waals surface area contributed by atoms with Gasteiger partial charge in [-0.05, 0) is 36.4 Å². The molecular formula is C13H11N3O. The van der Waals surface area contributed by atoms with Gasteiger partial charge in [0.15, 0.2) is 0 Å². The molecule has 3 aromatic rings. The first kappa shape index (κ1) is 9.72. The molecule has 0 saturated carbocycles. The van der Waals surface area contributed by atoms with Crippen molar-refractivity contribution < 1.29 is 5.11 Å². The summed E-state index contributed by atoms with van der Waals surface area (Å²) in [6.45, 7) is 0. The Hall–Kier alpha value is -2.49. The molecule has 3 N–H and O–H groups in total. The van der Waals surface area contributed by atoms with Crippen LogP contribution < -0.4 is 5.73 Å². The summed E-state index contributed by atoms with van der Waals surface area (Å²) in [6, 6.07) is 10.9. The largest absolute Gasteiger partial charge is 0.506 e. The third kappa shape index (κ3) is 1.50. The highest BCUT2D eigenvalue weighted by Gasteiger charge is 2.07. The number of hydrogen-bond acceptors (Lipinski definition) is 3. The maximum Gasteiger partial charge on any atom is 0.144 e. The van der Waals surface area contributed by atoms with Gasteiger partial charge in [0.05, 0.1) is 6.20 Å². The molecule has 0 aliphatic heterocycles. The van der Waals surface area contributed by atoms with Gasteiger partial charge in [-0.3, -0.25) is 4.40 Å². The average molecular weight is 225 g/mol. The van der Waals surface area contributed by atoms with Crippen LogP contribution in [-0.2, 0) is 0 Å². The molecule has 84 valence electrons. The summed E-state index contributed by atoms with van der Waals surface area (Å²) in [6.07, 6.45) is 3.52. The molecule has 0 amide bonds. The number of fused-ring (bicyclic) bond motifs is 1. The van der Waals surface area contributed by atoms with Crippen LogP contribution in [-0.4, -0.2) is 14.5 Å². The summed E-state index contributed by atoms with van der Waals surface area (Å²) in [5, 5.41) is 9.69. The van der Waals surface area contributed by atoms with Crippen LogP contribution in [0.2, 0.25) is 0 Å². The number of pyridine rings is 1. The Balaban J connectivity index is 2.24. The zero-order valence-corrected chi connectivity index (χ0v) is 9.04. The molecule has 4 nitrogen and oxygen atoms in total. The summed E-state index contributed by atoms with van der Waals surface area (Å²) < 4.78 is 1.85. The van der Waals surface area contributed by atoms with E-state index < -0.39 is 0 Å². The number of aromatic hydroxyl groups is 1. The van der Waals surface area contributed by atoms with Crippen molar-refractivity contribution in [2.75, 3.05) is 5.73 Å². The van der Waals surface area contributed by atoms with Crippen LogP contribution in [0.4, 0.5) is 5.69 Å². The molecule has 0 saturated heterocycles. The molecule has 2 heterocycles. The molecule has 0 fully saturated rings. The molecule has 2 aromatic heterocycles. The van der Waals surface area contributed by atoms with Crippen LogP contribution in [0, 0.1) is 0 Å². The number of nitrogens with zero attached hydrogens (tertiary/aromatic N) is 2. The van der Waals surface area contributed by atoms with E-state index in [4.69, 9.17) is 5.73 Å². The Bertz CT molecular complexity index is 671. The highest BCUT2D eigenvalue weighted by molar-refractivity contribution is 5.67. The van der Waals surface area contributed by atoms with E-state index in [-0.39, 0.29) is 5.75 Å². The second-order valence-electron chi connectivity index (χ2n) is 3.85. The first-order chi connectivity index (χ1) is 8.25. The van der Waals surface area contributed by atoms with Crippen LogP contribution in [0.3, 0.4) is 0 Å². The predicted octanol–water partition coefficient (Wildman–Crippen LogP) is 2.29. The van der Waals surface area contributed by atoms with Crippen LogP contribution in [0.1, 0.15) is 0 Å². The predicted molar refractivity (Wildman–Crippen MR) is 66.7 cm³/mol. The minimum Gasteiger partial charge on any atom is -0.506 e. The van der Waals surface area contributed by atoms with Crippen molar-refractivity contribution in [1.29, 1.82) is 0 Å². The number of imidazole rings is 1. The fraction of sp³-hybridized carbons (Fsp3) is 0. The van der Waals surface area contributed by atoms with E-state index in [0.717, 1.165) is 17.1 Å². The molecule has 0 aliphatic carbocycles. The fourth-order valence-electron chi connectivity index (χ4n) is 1.85. The molecular weight excluding hydrogens is 214 g/mol. The van der Waals surface area contributed by atoms with Gasteiger partial charge in [-0.2, -0.15) is 0 Å². The van der Waals surface area contributed by atoms with Crippen molar-refractivity contribution >= 4 is 11.2 Å². The highest BCUT2D eigenvalue weighted by Crippen LogP contribution is 2.25. The van der Waals surface area contributed by atoms with Gasteiger partial charge < -0.3 is 10.8 Å². The quantitative estimate of drug-likeness (QED) is 0.624. The van der Waals surface area contributed by atoms with Crippen molar-refractivity contribution in [3.05, 3.63) is 48.8 Å². The van der Waals surface area contributed by atoms with E-state index >= 15 is 0 Å². The summed E-state index contributed by atoms with van der Waals surface area (Å²) in [5.74, 6) is 1.01. The smallest absolute Gasteiger partial charge is 0.144 e. The summed E-state index contributed by atoms with van der Waals surface area (Å²) in [5.41, 5.74) is 8.03. The molecule has 0 spiro atoms. The van der Waals surface area contributed by atoms with Gasteiger partial charge >= 0.3 is 0 Å². The van der Waals surface area contributed by atoms with Gasteiger partial charge in [0.2, 0.25) is 0 Å². The van der Waals surface area contributed by atoms with E-state index in [1.807, 2.05) is 34.9 Å². The summed E-state index contributed by atoms with van der Waals surface area (Å²) >= 11 is 0. The Labute approximate surface area is 98.0 Å². The maximum atomic E-state index is 9.69. The third-order valence-corrected chi connectivity index (χ3v) is 2.72. The number of anilines is 1. The van der Waals surface area contributed by atoms with Crippen molar-refractivity contribution in [2.45, 2.75) is 0 Å². The van der Waals surface area contributed by atoms with Crippen LogP contribution in [0.15, 0.2) is 48.8 Å². The normalized spacial score (nSPS) is 10.8. The highest BCUT2D eigenvalue weighted by atomic mass is 16.3. The Morgan fingerprint density at radius 3 is 2.65 bits per heavy atom. The molecule has 17 heavy (non-hydrogen) atoms. The average Bonchev–Trinajstić information content (AvgIpc) is 2.75. The van der Waals surface area contributed by atoms with Crippen LogP contribution in [0.5, 0.6) is 5.75 Å². The standard InChI is InChI=1S/C13H11N3O/c14-10-5-3-9(4-6-10)13-15-8-11-12(17)2-1-7-16(11)13/h1-8,17H,14H2. The Kier molecular flexibility index (Phi) is 2.01. The first-order valence-corrected chi connectivity index (χ1v) is 5.26. The molecule has 3 rings (SSSR count). The van der Waals surface area contributed by atoms with E-state index in [9.17, 15) is 5.11 Å². The maximum absolute atomic E-state index is 9.69. The van der Waals surface area contributed by atoms with Gasteiger partial charge in [0, 0.05) is 17.4 Å². The number of hydrogen-bond donors (Lipinski definition) is 2. The second kappa shape index (κ2) is 3.52. The summed E-state index contributed by atoms with van der Waals surface area (Å²) in [7, 11) is 0. The fourth-order valence-corrected chi connectivity index (χ4v) is 1.85. The van der Waals surface area contributed by atoms with E-state index in [0.29, 0.717) is 5.52 Å². The van der Waals surface area contributed by atoms with Crippen molar-refractivity contribution in [1.82, 2.24) is 9.38 Å². The number of nitrogens with two attached hydrogens (primary N) is 1. The molecule has 0 atom stereocenters. The molecule has 4 heteroatoms. The van der Waals surface area contributed by atoms with Crippen LogP contribution >= 0.6 is 0 Å². The van der Waals surface area contributed by atoms with E-state index in [1.165, 1.54) is 0 Å². The molecule has 0 bridgehead atoms. The van der Waals surface area contributed by atoms with Gasteiger partial charge in [0.25, 0.3) is 0 Å². The number of nitrogen functional groups attached to an aromatic ring is 1. The van der Waals surface area contributed by atoms with Crippen molar-refractivity contribution in [3.63, 3.8) is 0 Å². The van der Waals surface area contributed by atoms with Gasteiger partial charge in [0.1, 0.15) is 17.1 Å².